The maximum Gasteiger partial charge on any atom is 0.331 e. The summed E-state index contributed by atoms with van der Waals surface area (Å²) in [6.07, 6.45) is 4.70. The summed E-state index contributed by atoms with van der Waals surface area (Å²) < 4.78 is 11.0. The molecule has 2 aliphatic rings. The molecule has 0 radical (unpaired) electrons. The summed E-state index contributed by atoms with van der Waals surface area (Å²) in [7, 11) is 1.40. The van der Waals surface area contributed by atoms with E-state index in [1.807, 2.05) is 0 Å². The second kappa shape index (κ2) is 10.8. The van der Waals surface area contributed by atoms with Gasteiger partial charge in [0.25, 0.3) is 17.0 Å². The van der Waals surface area contributed by atoms with E-state index in [0.29, 0.717) is 24.6 Å². The van der Waals surface area contributed by atoms with E-state index >= 15 is 0 Å². The largest absolute Gasteiger partial charge is 0.493 e. The average molecular weight is 513 g/mol. The Bertz CT molecular complexity index is 1240. The molecule has 0 bridgehead atoms. The summed E-state index contributed by atoms with van der Waals surface area (Å²) in [6, 6.07) is 7.40. The Morgan fingerprint density at radius 3 is 2.69 bits per heavy atom. The predicted molar refractivity (Wildman–Crippen MR) is 132 cm³/mol. The molecule has 12 heteroatoms. The highest BCUT2D eigenvalue weighted by Gasteiger charge is 2.37. The Balaban J connectivity index is 1.49. The number of nitro groups is 1. The highest BCUT2D eigenvalue weighted by atomic mass is 32.2. The molecule has 0 atom stereocenters. The van der Waals surface area contributed by atoms with Gasteiger partial charge in [-0.05, 0) is 60.4 Å². The molecule has 188 valence electrons. The van der Waals surface area contributed by atoms with E-state index in [-0.39, 0.29) is 40.4 Å². The van der Waals surface area contributed by atoms with Crippen LogP contribution in [0.2, 0.25) is 0 Å². The quantitative estimate of drug-likeness (QED) is 0.306. The Labute approximate surface area is 211 Å². The molecule has 3 amide bonds. The average Bonchev–Trinajstić information content (AvgIpc) is 3.12. The number of rotatable bonds is 7. The molecule has 36 heavy (non-hydrogen) atoms. The fourth-order valence-corrected chi connectivity index (χ4v) is 4.68. The van der Waals surface area contributed by atoms with Gasteiger partial charge < -0.3 is 14.4 Å². The summed E-state index contributed by atoms with van der Waals surface area (Å²) in [4.78, 5) is 55.3. The molecule has 2 saturated heterocycles. The molecule has 0 aliphatic carbocycles. The van der Waals surface area contributed by atoms with Crippen LogP contribution in [0.25, 0.3) is 6.08 Å². The van der Waals surface area contributed by atoms with E-state index in [0.717, 1.165) is 29.5 Å². The number of benzene rings is 1. The molecule has 2 fully saturated rings. The molecule has 4 rings (SSSR count). The number of likely N-dealkylation sites (tertiary alicyclic amines) is 1. The van der Waals surface area contributed by atoms with Gasteiger partial charge in [-0.15, -0.1) is 0 Å². The van der Waals surface area contributed by atoms with Gasteiger partial charge in [-0.25, -0.2) is 4.98 Å². The molecule has 3 heterocycles. The summed E-state index contributed by atoms with van der Waals surface area (Å²) in [5.41, 5.74) is 0.238. The normalized spacial score (nSPS) is 17.6. The van der Waals surface area contributed by atoms with Crippen molar-refractivity contribution in [3.63, 3.8) is 0 Å². The number of hydrogen-bond donors (Lipinski definition) is 0. The number of nitrogens with zero attached hydrogens (tertiary/aromatic N) is 4. The van der Waals surface area contributed by atoms with E-state index in [1.54, 1.807) is 17.0 Å². The molecule has 0 N–H and O–H groups in total. The predicted octanol–water partition coefficient (Wildman–Crippen LogP) is 4.09. The van der Waals surface area contributed by atoms with Crippen LogP contribution in [0.1, 0.15) is 25.3 Å². The Hall–Kier alpha value is -3.93. The lowest BCUT2D eigenvalue weighted by Crippen LogP contribution is -2.45. The fraction of sp³-hybridized carbons (Fsp3) is 0.333. The number of methoxy groups -OCH3 is 1. The number of aromatic nitrogens is 1. The lowest BCUT2D eigenvalue weighted by Gasteiger charge is -2.31. The van der Waals surface area contributed by atoms with E-state index in [9.17, 15) is 24.5 Å². The zero-order valence-corrected chi connectivity index (χ0v) is 20.5. The zero-order chi connectivity index (χ0) is 25.8. The maximum absolute atomic E-state index is 12.9. The van der Waals surface area contributed by atoms with Gasteiger partial charge in [0.05, 0.1) is 16.9 Å². The lowest BCUT2D eigenvalue weighted by atomic mass is 9.99. The van der Waals surface area contributed by atoms with Crippen molar-refractivity contribution in [1.29, 1.82) is 0 Å². The molecule has 0 unspecified atom stereocenters. The van der Waals surface area contributed by atoms with Crippen molar-refractivity contribution in [2.45, 2.75) is 19.8 Å². The first-order valence-corrected chi connectivity index (χ1v) is 12.1. The summed E-state index contributed by atoms with van der Waals surface area (Å²) in [5, 5.41) is 10.7. The van der Waals surface area contributed by atoms with Crippen LogP contribution in [0, 0.1) is 16.0 Å². The molecule has 2 aliphatic heterocycles. The zero-order valence-electron chi connectivity index (χ0n) is 19.7. The number of ether oxygens (including phenoxy) is 2. The van der Waals surface area contributed by atoms with Crippen LogP contribution in [-0.2, 0) is 9.59 Å². The second-order valence-electron chi connectivity index (χ2n) is 8.43. The summed E-state index contributed by atoms with van der Waals surface area (Å²) in [5.74, 6) is 0.0253. The van der Waals surface area contributed by atoms with Crippen molar-refractivity contribution in [3.8, 4) is 17.4 Å². The van der Waals surface area contributed by atoms with Crippen LogP contribution >= 0.6 is 11.8 Å². The monoisotopic (exact) mass is 512 g/mol. The first kappa shape index (κ1) is 25.2. The lowest BCUT2D eigenvalue weighted by molar-refractivity contribution is -0.386. The molecule has 1 aromatic heterocycles. The first-order valence-electron chi connectivity index (χ1n) is 11.2. The van der Waals surface area contributed by atoms with E-state index in [2.05, 4.69) is 11.9 Å². The molecular formula is C24H24N4O7S. The number of hydrogen-bond acceptors (Lipinski definition) is 9. The maximum atomic E-state index is 12.9. The van der Waals surface area contributed by atoms with Crippen molar-refractivity contribution >= 4 is 40.6 Å². The third kappa shape index (κ3) is 5.48. The highest BCUT2D eigenvalue weighted by molar-refractivity contribution is 8.18. The van der Waals surface area contributed by atoms with Crippen LogP contribution in [0.5, 0.6) is 17.4 Å². The van der Waals surface area contributed by atoms with E-state index < -0.39 is 16.1 Å². The number of imide groups is 1. The number of pyridine rings is 1. The smallest absolute Gasteiger partial charge is 0.331 e. The minimum Gasteiger partial charge on any atom is -0.493 e. The number of amides is 3. The molecule has 2 aromatic rings. The van der Waals surface area contributed by atoms with Crippen molar-refractivity contribution in [2.24, 2.45) is 5.92 Å². The fourth-order valence-electron chi connectivity index (χ4n) is 3.84. The van der Waals surface area contributed by atoms with Gasteiger partial charge >= 0.3 is 5.69 Å². The first-order chi connectivity index (χ1) is 17.3. The highest BCUT2D eigenvalue weighted by Crippen LogP contribution is 2.37. The van der Waals surface area contributed by atoms with Crippen molar-refractivity contribution in [2.75, 3.05) is 26.7 Å². The van der Waals surface area contributed by atoms with Gasteiger partial charge in [-0.2, -0.15) is 0 Å². The molecule has 0 saturated carbocycles. The van der Waals surface area contributed by atoms with Crippen LogP contribution in [-0.4, -0.2) is 63.5 Å². The minimum absolute atomic E-state index is 0.177. The standard InChI is InChI=1S/C24H24N4O7S/c1-15-7-10-26(11-8-15)21(29)14-27-23(30)20(36-24(27)31)13-16-5-6-18(19(12-16)34-2)35-22-17(28(32)33)4-3-9-25-22/h3-6,9,12-13,15H,7-8,10-11,14H2,1-2H3/b20-13-. The molecule has 0 spiro atoms. The van der Waals surface area contributed by atoms with Crippen molar-refractivity contribution in [1.82, 2.24) is 14.8 Å². The molecular weight excluding hydrogens is 488 g/mol. The van der Waals surface area contributed by atoms with Gasteiger partial charge in [0.2, 0.25) is 5.91 Å². The van der Waals surface area contributed by atoms with Gasteiger partial charge in [-0.1, -0.05) is 13.0 Å². The molecule has 1 aromatic carbocycles. The number of piperidine rings is 1. The molecule has 11 nitrogen and oxygen atoms in total. The van der Waals surface area contributed by atoms with Crippen molar-refractivity contribution < 1.29 is 28.8 Å². The number of carbonyl (C=O) groups is 3. The number of thioether (sulfide) groups is 1. The summed E-state index contributed by atoms with van der Waals surface area (Å²) >= 11 is 0.762. The van der Waals surface area contributed by atoms with Crippen LogP contribution in [0.4, 0.5) is 10.5 Å². The minimum atomic E-state index is -0.601. The SMILES string of the molecule is COc1cc(/C=C2\SC(=O)N(CC(=O)N3CCC(C)CC3)C2=O)ccc1Oc1ncccc1[N+](=O)[O-]. The second-order valence-corrected chi connectivity index (χ2v) is 9.42. The van der Waals surface area contributed by atoms with Crippen LogP contribution in [0.15, 0.2) is 41.4 Å². The Morgan fingerprint density at radius 2 is 2.00 bits per heavy atom. The van der Waals surface area contributed by atoms with E-state index in [4.69, 9.17) is 9.47 Å². The third-order valence-electron chi connectivity index (χ3n) is 5.94. The van der Waals surface area contributed by atoms with Crippen LogP contribution < -0.4 is 9.47 Å². The van der Waals surface area contributed by atoms with Gasteiger partial charge in [0.1, 0.15) is 6.54 Å². The number of carbonyl (C=O) groups excluding carboxylic acids is 3. The topological polar surface area (TPSA) is 132 Å². The van der Waals surface area contributed by atoms with E-state index in [1.165, 1.54) is 37.6 Å². The van der Waals surface area contributed by atoms with Gasteiger partial charge in [0.15, 0.2) is 11.5 Å². The van der Waals surface area contributed by atoms with Gasteiger partial charge in [-0.3, -0.25) is 29.4 Å². The Kier molecular flexibility index (Phi) is 7.53. The van der Waals surface area contributed by atoms with Crippen LogP contribution in [0.3, 0.4) is 0 Å². The third-order valence-corrected chi connectivity index (χ3v) is 6.85. The summed E-state index contributed by atoms with van der Waals surface area (Å²) in [6.45, 7) is 3.11. The Morgan fingerprint density at radius 1 is 1.25 bits per heavy atom. The van der Waals surface area contributed by atoms with Gasteiger partial charge in [0, 0.05) is 25.4 Å². The van der Waals surface area contributed by atoms with Crippen molar-refractivity contribution in [3.05, 3.63) is 57.1 Å².